The lowest BCUT2D eigenvalue weighted by atomic mass is 10.1. The molecule has 10 heteroatoms. The Hall–Kier alpha value is -4.08. The first-order valence-corrected chi connectivity index (χ1v) is 7.72. The monoisotopic (exact) mass is 367 g/mol. The molecule has 0 saturated heterocycles. The lowest BCUT2D eigenvalue weighted by Crippen LogP contribution is -2.13. The van der Waals surface area contributed by atoms with E-state index in [4.69, 9.17) is 0 Å². The van der Waals surface area contributed by atoms with Gasteiger partial charge in [0, 0.05) is 36.8 Å². The second-order valence-corrected chi connectivity index (χ2v) is 5.64. The van der Waals surface area contributed by atoms with Crippen molar-refractivity contribution in [2.24, 2.45) is 0 Å². The lowest BCUT2D eigenvalue weighted by Gasteiger charge is -2.08. The highest BCUT2D eigenvalue weighted by Crippen LogP contribution is 2.23. The van der Waals surface area contributed by atoms with Gasteiger partial charge in [-0.1, -0.05) is 12.1 Å². The Bertz CT molecular complexity index is 984. The van der Waals surface area contributed by atoms with Gasteiger partial charge < -0.3 is 9.88 Å². The Morgan fingerprint density at radius 3 is 2.37 bits per heavy atom. The number of hydrogen-bond acceptors (Lipinski definition) is 6. The fraction of sp³-hybridized carbons (Fsp3) is 0.0588. The van der Waals surface area contributed by atoms with Crippen LogP contribution < -0.4 is 5.32 Å². The van der Waals surface area contributed by atoms with Gasteiger partial charge in [-0.05, 0) is 17.7 Å². The number of nitrogens with one attached hydrogen (secondary N) is 1. The first-order valence-electron chi connectivity index (χ1n) is 7.72. The van der Waals surface area contributed by atoms with E-state index >= 15 is 0 Å². The Balaban J connectivity index is 1.83. The van der Waals surface area contributed by atoms with Crippen LogP contribution in [0.1, 0.15) is 15.9 Å². The van der Waals surface area contributed by atoms with Crippen molar-refractivity contribution in [3.63, 3.8) is 0 Å². The topological polar surface area (TPSA) is 133 Å². The number of benzene rings is 2. The number of anilines is 1. The predicted molar refractivity (Wildman–Crippen MR) is 95.5 cm³/mol. The number of hydrogen-bond donors (Lipinski definition) is 1. The van der Waals surface area contributed by atoms with E-state index in [2.05, 4.69) is 10.3 Å². The molecule has 0 unspecified atom stereocenters. The van der Waals surface area contributed by atoms with Crippen molar-refractivity contribution in [1.82, 2.24) is 9.55 Å². The molecule has 0 aliphatic rings. The van der Waals surface area contributed by atoms with Crippen LogP contribution in [0, 0.1) is 20.2 Å². The fourth-order valence-corrected chi connectivity index (χ4v) is 2.48. The summed E-state index contributed by atoms with van der Waals surface area (Å²) in [6.07, 6.45) is 5.11. The number of nitro groups is 2. The zero-order valence-corrected chi connectivity index (χ0v) is 13.8. The van der Waals surface area contributed by atoms with Crippen LogP contribution in [0.2, 0.25) is 0 Å². The number of rotatable bonds is 6. The van der Waals surface area contributed by atoms with E-state index in [1.54, 1.807) is 36.9 Å². The van der Waals surface area contributed by atoms with Gasteiger partial charge in [-0.25, -0.2) is 4.98 Å². The summed E-state index contributed by atoms with van der Waals surface area (Å²) in [4.78, 5) is 36.7. The van der Waals surface area contributed by atoms with E-state index in [0.717, 1.165) is 23.8 Å². The maximum absolute atomic E-state index is 12.4. The zero-order chi connectivity index (χ0) is 19.4. The molecule has 3 rings (SSSR count). The van der Waals surface area contributed by atoms with Gasteiger partial charge in [-0.2, -0.15) is 0 Å². The van der Waals surface area contributed by atoms with Gasteiger partial charge in [-0.3, -0.25) is 25.0 Å². The van der Waals surface area contributed by atoms with Crippen LogP contribution in [0.3, 0.4) is 0 Å². The second kappa shape index (κ2) is 7.44. The Morgan fingerprint density at radius 2 is 1.78 bits per heavy atom. The molecule has 0 fully saturated rings. The molecule has 0 radical (unpaired) electrons. The average molecular weight is 367 g/mol. The molecule has 1 amide bonds. The van der Waals surface area contributed by atoms with Crippen LogP contribution >= 0.6 is 0 Å². The van der Waals surface area contributed by atoms with E-state index in [9.17, 15) is 25.0 Å². The molecule has 27 heavy (non-hydrogen) atoms. The summed E-state index contributed by atoms with van der Waals surface area (Å²) < 4.78 is 1.85. The average Bonchev–Trinajstić information content (AvgIpc) is 3.14. The SMILES string of the molecule is O=C(Nc1cccc(Cn2ccnc2)c1)c1cc([N+](=O)[O-])cc([N+](=O)[O-])c1. The van der Waals surface area contributed by atoms with Gasteiger partial charge in [0.2, 0.25) is 0 Å². The minimum Gasteiger partial charge on any atom is -0.333 e. The third-order valence-corrected chi connectivity index (χ3v) is 3.70. The summed E-state index contributed by atoms with van der Waals surface area (Å²) in [7, 11) is 0. The normalized spacial score (nSPS) is 10.4. The van der Waals surface area contributed by atoms with Crippen molar-refractivity contribution in [2.45, 2.75) is 6.54 Å². The highest BCUT2D eigenvalue weighted by atomic mass is 16.6. The van der Waals surface area contributed by atoms with Crippen LogP contribution in [0.15, 0.2) is 61.2 Å². The molecule has 0 aliphatic heterocycles. The summed E-state index contributed by atoms with van der Waals surface area (Å²) in [5, 5.41) is 24.5. The Labute approximate surface area is 152 Å². The molecule has 136 valence electrons. The van der Waals surface area contributed by atoms with Gasteiger partial charge >= 0.3 is 0 Å². The first kappa shape index (κ1) is 17.7. The number of carbonyl (C=O) groups excluding carboxylic acids is 1. The Morgan fingerprint density at radius 1 is 1.07 bits per heavy atom. The number of nitrogens with zero attached hydrogens (tertiary/aromatic N) is 4. The van der Waals surface area contributed by atoms with Crippen molar-refractivity contribution >= 4 is 23.0 Å². The highest BCUT2D eigenvalue weighted by Gasteiger charge is 2.20. The maximum Gasteiger partial charge on any atom is 0.277 e. The Kier molecular flexibility index (Phi) is 4.88. The predicted octanol–water partition coefficient (Wildman–Crippen LogP) is 3.00. The van der Waals surface area contributed by atoms with E-state index in [1.165, 1.54) is 0 Å². The van der Waals surface area contributed by atoms with Gasteiger partial charge in [-0.15, -0.1) is 0 Å². The van der Waals surface area contributed by atoms with Crippen LogP contribution in [0.4, 0.5) is 17.1 Å². The third-order valence-electron chi connectivity index (χ3n) is 3.70. The molecule has 0 saturated carbocycles. The molecule has 3 aromatic rings. The van der Waals surface area contributed by atoms with Crippen LogP contribution in [0.5, 0.6) is 0 Å². The standard InChI is InChI=1S/C17H13N5O5/c23-17(13-7-15(21(24)25)9-16(8-13)22(26)27)19-14-3-1-2-12(6-14)10-20-5-4-18-11-20/h1-9,11H,10H2,(H,19,23). The third kappa shape index (κ3) is 4.31. The number of amides is 1. The van der Waals surface area contributed by atoms with Crippen molar-refractivity contribution < 1.29 is 14.6 Å². The van der Waals surface area contributed by atoms with Crippen LogP contribution in [-0.2, 0) is 6.54 Å². The molecule has 0 atom stereocenters. The van der Waals surface area contributed by atoms with Crippen LogP contribution in [0.25, 0.3) is 0 Å². The smallest absolute Gasteiger partial charge is 0.277 e. The molecule has 1 aromatic heterocycles. The number of nitro benzene ring substituents is 2. The quantitative estimate of drug-likeness (QED) is 0.526. The fourth-order valence-electron chi connectivity index (χ4n) is 2.48. The highest BCUT2D eigenvalue weighted by molar-refractivity contribution is 6.05. The summed E-state index contributed by atoms with van der Waals surface area (Å²) >= 11 is 0. The minimum atomic E-state index is -0.782. The second-order valence-electron chi connectivity index (χ2n) is 5.64. The van der Waals surface area contributed by atoms with Crippen molar-refractivity contribution in [3.8, 4) is 0 Å². The van der Waals surface area contributed by atoms with E-state index in [1.807, 2.05) is 10.6 Å². The summed E-state index contributed by atoms with van der Waals surface area (Å²) in [6.45, 7) is 0.548. The lowest BCUT2D eigenvalue weighted by molar-refractivity contribution is -0.394. The largest absolute Gasteiger partial charge is 0.333 e. The van der Waals surface area contributed by atoms with Crippen LogP contribution in [-0.4, -0.2) is 25.3 Å². The van der Waals surface area contributed by atoms with Crippen molar-refractivity contribution in [3.05, 3.63) is 92.5 Å². The zero-order valence-electron chi connectivity index (χ0n) is 13.8. The van der Waals surface area contributed by atoms with Crippen molar-refractivity contribution in [2.75, 3.05) is 5.32 Å². The molecule has 1 N–H and O–H groups in total. The van der Waals surface area contributed by atoms with E-state index < -0.39 is 27.1 Å². The summed E-state index contributed by atoms with van der Waals surface area (Å²) in [6, 6.07) is 9.81. The van der Waals surface area contributed by atoms with Crippen molar-refractivity contribution in [1.29, 1.82) is 0 Å². The molecule has 0 bridgehead atoms. The van der Waals surface area contributed by atoms with Gasteiger partial charge in [0.1, 0.15) is 0 Å². The molecule has 0 spiro atoms. The molecular formula is C17H13N5O5. The number of non-ortho nitro benzene ring substituents is 2. The molecule has 2 aromatic carbocycles. The number of carbonyl (C=O) groups is 1. The number of aromatic nitrogens is 2. The minimum absolute atomic E-state index is 0.170. The summed E-state index contributed by atoms with van der Waals surface area (Å²) in [5.74, 6) is -0.679. The van der Waals surface area contributed by atoms with E-state index in [0.29, 0.717) is 12.2 Å². The van der Waals surface area contributed by atoms with Gasteiger partial charge in [0.05, 0.1) is 27.8 Å². The summed E-state index contributed by atoms with van der Waals surface area (Å²) in [5.41, 5.74) is 0.143. The maximum atomic E-state index is 12.4. The first-order chi connectivity index (χ1) is 12.9. The number of imidazole rings is 1. The molecule has 10 nitrogen and oxygen atoms in total. The molecular weight excluding hydrogens is 354 g/mol. The van der Waals surface area contributed by atoms with Gasteiger partial charge in [0.25, 0.3) is 17.3 Å². The molecule has 0 aliphatic carbocycles. The van der Waals surface area contributed by atoms with E-state index in [-0.39, 0.29) is 5.56 Å². The van der Waals surface area contributed by atoms with Gasteiger partial charge in [0.15, 0.2) is 0 Å². The molecule has 1 heterocycles.